The zero-order valence-corrected chi connectivity index (χ0v) is 13.3. The van der Waals surface area contributed by atoms with Crippen molar-refractivity contribution in [1.29, 1.82) is 0 Å². The first-order chi connectivity index (χ1) is 11.0. The number of aliphatic carboxylic acids is 1. The van der Waals surface area contributed by atoms with Crippen LogP contribution in [0.2, 0.25) is 0 Å². The highest BCUT2D eigenvalue weighted by atomic mass is 16.5. The summed E-state index contributed by atoms with van der Waals surface area (Å²) in [4.78, 5) is 28.3. The number of nitrogens with one attached hydrogen (secondary N) is 1. The van der Waals surface area contributed by atoms with Crippen LogP contribution in [0.3, 0.4) is 0 Å². The third-order valence-corrected chi connectivity index (χ3v) is 4.40. The SMILES string of the molecule is Cc1ccc2[nH]c(C(=O)N3CCOC(CC(=O)O)C3)cc2c1C. The van der Waals surface area contributed by atoms with Gasteiger partial charge >= 0.3 is 5.97 Å². The molecule has 0 saturated carbocycles. The van der Waals surface area contributed by atoms with Crippen LogP contribution in [0.5, 0.6) is 0 Å². The van der Waals surface area contributed by atoms with E-state index in [0.29, 0.717) is 25.4 Å². The van der Waals surface area contributed by atoms with E-state index in [4.69, 9.17) is 9.84 Å². The Labute approximate surface area is 134 Å². The van der Waals surface area contributed by atoms with E-state index in [-0.39, 0.29) is 12.3 Å². The Hall–Kier alpha value is -2.34. The molecule has 1 aliphatic heterocycles. The van der Waals surface area contributed by atoms with E-state index in [9.17, 15) is 9.59 Å². The first-order valence-electron chi connectivity index (χ1n) is 7.67. The number of morpholine rings is 1. The lowest BCUT2D eigenvalue weighted by Gasteiger charge is -2.32. The lowest BCUT2D eigenvalue weighted by molar-refractivity contribution is -0.141. The summed E-state index contributed by atoms with van der Waals surface area (Å²) < 4.78 is 5.41. The second-order valence-electron chi connectivity index (χ2n) is 5.99. The molecule has 1 unspecified atom stereocenters. The first kappa shape index (κ1) is 15.6. The molecule has 6 heteroatoms. The monoisotopic (exact) mass is 316 g/mol. The fourth-order valence-corrected chi connectivity index (χ4v) is 2.97. The molecule has 6 nitrogen and oxygen atoms in total. The van der Waals surface area contributed by atoms with Crippen LogP contribution in [0, 0.1) is 13.8 Å². The molecule has 1 aromatic heterocycles. The second-order valence-corrected chi connectivity index (χ2v) is 5.99. The molecule has 1 fully saturated rings. The fraction of sp³-hybridized carbons (Fsp3) is 0.412. The Balaban J connectivity index is 1.82. The molecule has 0 radical (unpaired) electrons. The predicted octanol–water partition coefficient (Wildman–Crippen LogP) is 2.10. The van der Waals surface area contributed by atoms with Crippen LogP contribution < -0.4 is 0 Å². The quantitative estimate of drug-likeness (QED) is 0.908. The lowest BCUT2D eigenvalue weighted by atomic mass is 10.1. The number of carboxylic acid groups (broad SMARTS) is 1. The molecule has 122 valence electrons. The highest BCUT2D eigenvalue weighted by Crippen LogP contribution is 2.23. The average molecular weight is 316 g/mol. The molecule has 1 saturated heterocycles. The third kappa shape index (κ3) is 3.07. The number of H-pyrrole nitrogens is 1. The fourth-order valence-electron chi connectivity index (χ4n) is 2.97. The smallest absolute Gasteiger partial charge is 0.306 e. The van der Waals surface area contributed by atoms with Crippen LogP contribution >= 0.6 is 0 Å². The number of carbonyl (C=O) groups is 2. The van der Waals surface area contributed by atoms with E-state index in [1.54, 1.807) is 4.90 Å². The Kier molecular flexibility index (Phi) is 4.09. The van der Waals surface area contributed by atoms with Crippen molar-refractivity contribution in [3.8, 4) is 0 Å². The zero-order chi connectivity index (χ0) is 16.6. The van der Waals surface area contributed by atoms with E-state index in [1.807, 2.05) is 32.0 Å². The van der Waals surface area contributed by atoms with Crippen molar-refractivity contribution in [2.45, 2.75) is 26.4 Å². The van der Waals surface area contributed by atoms with Crippen molar-refractivity contribution in [3.05, 3.63) is 35.0 Å². The maximum absolute atomic E-state index is 12.7. The highest BCUT2D eigenvalue weighted by Gasteiger charge is 2.27. The minimum absolute atomic E-state index is 0.0885. The highest BCUT2D eigenvalue weighted by molar-refractivity contribution is 5.99. The third-order valence-electron chi connectivity index (χ3n) is 4.40. The van der Waals surface area contributed by atoms with E-state index >= 15 is 0 Å². The van der Waals surface area contributed by atoms with Crippen LogP contribution in [0.15, 0.2) is 18.2 Å². The van der Waals surface area contributed by atoms with Gasteiger partial charge in [-0.15, -0.1) is 0 Å². The van der Waals surface area contributed by atoms with Crippen molar-refractivity contribution in [3.63, 3.8) is 0 Å². The number of aromatic nitrogens is 1. The molecule has 1 amide bonds. The van der Waals surface area contributed by atoms with Gasteiger partial charge in [0.1, 0.15) is 5.69 Å². The van der Waals surface area contributed by atoms with Gasteiger partial charge in [0.25, 0.3) is 5.91 Å². The predicted molar refractivity (Wildman–Crippen MR) is 85.7 cm³/mol. The molecule has 2 heterocycles. The Morgan fingerprint density at radius 1 is 1.39 bits per heavy atom. The molecular weight excluding hydrogens is 296 g/mol. The number of fused-ring (bicyclic) bond motifs is 1. The molecule has 1 atom stereocenters. The topological polar surface area (TPSA) is 82.6 Å². The maximum atomic E-state index is 12.7. The molecule has 0 spiro atoms. The van der Waals surface area contributed by atoms with Gasteiger partial charge in [-0.3, -0.25) is 9.59 Å². The average Bonchev–Trinajstić information content (AvgIpc) is 2.95. The minimum atomic E-state index is -0.916. The van der Waals surface area contributed by atoms with Gasteiger partial charge in [-0.25, -0.2) is 0 Å². The Morgan fingerprint density at radius 2 is 2.17 bits per heavy atom. The number of aryl methyl sites for hydroxylation is 2. The number of carbonyl (C=O) groups excluding carboxylic acids is 1. The summed E-state index contributed by atoms with van der Waals surface area (Å²) in [5.41, 5.74) is 3.81. The summed E-state index contributed by atoms with van der Waals surface area (Å²) in [5, 5.41) is 9.91. The molecule has 0 aliphatic carbocycles. The Bertz CT molecular complexity index is 765. The summed E-state index contributed by atoms with van der Waals surface area (Å²) in [6, 6.07) is 5.88. The van der Waals surface area contributed by atoms with E-state index in [2.05, 4.69) is 4.98 Å². The van der Waals surface area contributed by atoms with Gasteiger partial charge in [0.05, 0.1) is 19.1 Å². The number of rotatable bonds is 3. The first-order valence-corrected chi connectivity index (χ1v) is 7.67. The van der Waals surface area contributed by atoms with E-state index in [1.165, 1.54) is 5.56 Å². The van der Waals surface area contributed by atoms with Gasteiger partial charge in [-0.05, 0) is 37.1 Å². The van der Waals surface area contributed by atoms with Gasteiger partial charge in [0.2, 0.25) is 0 Å². The summed E-state index contributed by atoms with van der Waals surface area (Å²) in [6.07, 6.45) is -0.534. The summed E-state index contributed by atoms with van der Waals surface area (Å²) in [5.74, 6) is -1.03. The Morgan fingerprint density at radius 3 is 2.91 bits per heavy atom. The molecule has 0 bridgehead atoms. The van der Waals surface area contributed by atoms with Crippen LogP contribution in [-0.2, 0) is 9.53 Å². The number of hydrogen-bond acceptors (Lipinski definition) is 3. The lowest BCUT2D eigenvalue weighted by Crippen LogP contribution is -2.46. The van der Waals surface area contributed by atoms with Gasteiger partial charge in [-0.1, -0.05) is 6.07 Å². The van der Waals surface area contributed by atoms with Gasteiger partial charge < -0.3 is 19.7 Å². The largest absolute Gasteiger partial charge is 0.481 e. The summed E-state index contributed by atoms with van der Waals surface area (Å²) >= 11 is 0. The van der Waals surface area contributed by atoms with Crippen molar-refractivity contribution < 1.29 is 19.4 Å². The molecule has 1 aromatic carbocycles. The second kappa shape index (κ2) is 6.04. The van der Waals surface area contributed by atoms with E-state index < -0.39 is 12.1 Å². The van der Waals surface area contributed by atoms with Crippen LogP contribution in [-0.4, -0.2) is 52.7 Å². The molecule has 3 rings (SSSR count). The van der Waals surface area contributed by atoms with Crippen molar-refractivity contribution in [2.75, 3.05) is 19.7 Å². The standard InChI is InChI=1S/C17H20N2O4/c1-10-3-4-14-13(11(10)2)8-15(18-14)17(22)19-5-6-23-12(9-19)7-16(20)21/h3-4,8,12,18H,5-7,9H2,1-2H3,(H,20,21). The number of hydrogen-bond donors (Lipinski definition) is 2. The number of nitrogens with zero attached hydrogens (tertiary/aromatic N) is 1. The van der Waals surface area contributed by atoms with Gasteiger partial charge in [0, 0.05) is 24.0 Å². The normalized spacial score (nSPS) is 18.3. The van der Waals surface area contributed by atoms with Crippen LogP contribution in [0.25, 0.3) is 10.9 Å². The van der Waals surface area contributed by atoms with Crippen molar-refractivity contribution >= 4 is 22.8 Å². The van der Waals surface area contributed by atoms with E-state index in [0.717, 1.165) is 16.5 Å². The summed E-state index contributed by atoms with van der Waals surface area (Å²) in [7, 11) is 0. The zero-order valence-electron chi connectivity index (χ0n) is 13.3. The van der Waals surface area contributed by atoms with Crippen molar-refractivity contribution in [2.24, 2.45) is 0 Å². The molecule has 23 heavy (non-hydrogen) atoms. The van der Waals surface area contributed by atoms with Crippen molar-refractivity contribution in [1.82, 2.24) is 9.88 Å². The molecule has 2 N–H and O–H groups in total. The summed E-state index contributed by atoms with van der Waals surface area (Å²) in [6.45, 7) is 5.22. The maximum Gasteiger partial charge on any atom is 0.306 e. The number of amides is 1. The molecule has 2 aromatic rings. The van der Waals surface area contributed by atoms with Crippen LogP contribution in [0.4, 0.5) is 0 Å². The minimum Gasteiger partial charge on any atom is -0.481 e. The number of aromatic amines is 1. The van der Waals surface area contributed by atoms with Crippen LogP contribution in [0.1, 0.15) is 28.0 Å². The number of benzene rings is 1. The number of ether oxygens (including phenoxy) is 1. The molecule has 1 aliphatic rings. The number of carboxylic acids is 1. The van der Waals surface area contributed by atoms with Gasteiger partial charge in [-0.2, -0.15) is 0 Å². The molecular formula is C17H20N2O4. The van der Waals surface area contributed by atoms with Gasteiger partial charge in [0.15, 0.2) is 0 Å².